The van der Waals surface area contributed by atoms with Crippen molar-refractivity contribution in [2.24, 2.45) is 7.05 Å². The quantitative estimate of drug-likeness (QED) is 0.797. The third-order valence-corrected chi connectivity index (χ3v) is 6.34. The molecule has 6 nitrogen and oxygen atoms in total. The van der Waals surface area contributed by atoms with E-state index in [1.165, 1.54) is 11.3 Å². The predicted molar refractivity (Wildman–Crippen MR) is 82.0 cm³/mol. The van der Waals surface area contributed by atoms with Crippen LogP contribution in [-0.4, -0.2) is 25.0 Å². The standard InChI is InChI=1S/C11H15BrN4O2S2/c1-13-6-8-5-9(11(12)19-8)20(17,18)15-7-10-14-3-4-16(10)2/h3-5,13,15H,6-7H2,1-2H3. The lowest BCUT2D eigenvalue weighted by atomic mass is 10.5. The number of aromatic nitrogens is 2. The van der Waals surface area contributed by atoms with Crippen LogP contribution >= 0.6 is 27.3 Å². The summed E-state index contributed by atoms with van der Waals surface area (Å²) in [4.78, 5) is 5.31. The number of sulfonamides is 1. The van der Waals surface area contributed by atoms with Crippen LogP contribution in [0.3, 0.4) is 0 Å². The van der Waals surface area contributed by atoms with Crippen LogP contribution in [0.1, 0.15) is 10.7 Å². The molecule has 20 heavy (non-hydrogen) atoms. The zero-order valence-corrected chi connectivity index (χ0v) is 14.3. The van der Waals surface area contributed by atoms with Crippen molar-refractivity contribution in [3.63, 3.8) is 0 Å². The van der Waals surface area contributed by atoms with Crippen molar-refractivity contribution in [3.05, 3.63) is 32.9 Å². The number of hydrogen-bond acceptors (Lipinski definition) is 5. The van der Waals surface area contributed by atoms with Crippen LogP contribution < -0.4 is 10.0 Å². The second kappa shape index (κ2) is 6.35. The highest BCUT2D eigenvalue weighted by molar-refractivity contribution is 9.11. The second-order valence-electron chi connectivity index (χ2n) is 4.16. The number of nitrogens with one attached hydrogen (secondary N) is 2. The van der Waals surface area contributed by atoms with E-state index in [-0.39, 0.29) is 11.4 Å². The highest BCUT2D eigenvalue weighted by atomic mass is 79.9. The smallest absolute Gasteiger partial charge is 0.242 e. The lowest BCUT2D eigenvalue weighted by Crippen LogP contribution is -2.24. The molecule has 0 aliphatic heterocycles. The molecule has 0 bridgehead atoms. The van der Waals surface area contributed by atoms with Crippen LogP contribution in [0.5, 0.6) is 0 Å². The summed E-state index contributed by atoms with van der Waals surface area (Å²) in [5.41, 5.74) is 0. The average molecular weight is 379 g/mol. The first-order chi connectivity index (χ1) is 9.44. The summed E-state index contributed by atoms with van der Waals surface area (Å²) in [6, 6.07) is 1.67. The molecule has 9 heteroatoms. The zero-order chi connectivity index (χ0) is 14.8. The van der Waals surface area contributed by atoms with Crippen molar-refractivity contribution in [1.82, 2.24) is 19.6 Å². The lowest BCUT2D eigenvalue weighted by molar-refractivity contribution is 0.577. The largest absolute Gasteiger partial charge is 0.337 e. The number of imidazole rings is 1. The van der Waals surface area contributed by atoms with Crippen LogP contribution in [0.4, 0.5) is 0 Å². The number of aryl methyl sites for hydroxylation is 1. The van der Waals surface area contributed by atoms with Gasteiger partial charge in [-0.1, -0.05) is 0 Å². The summed E-state index contributed by atoms with van der Waals surface area (Å²) in [7, 11) is 0.0933. The van der Waals surface area contributed by atoms with Gasteiger partial charge in [0.2, 0.25) is 10.0 Å². The first-order valence-corrected chi connectivity index (χ1v) is 8.92. The van der Waals surface area contributed by atoms with Crippen molar-refractivity contribution in [2.45, 2.75) is 18.0 Å². The van der Waals surface area contributed by atoms with Gasteiger partial charge < -0.3 is 9.88 Å². The number of thiophene rings is 1. The number of nitrogens with zero attached hydrogens (tertiary/aromatic N) is 2. The molecule has 0 radical (unpaired) electrons. The maximum atomic E-state index is 12.3. The molecular weight excluding hydrogens is 364 g/mol. The Balaban J connectivity index is 2.16. The summed E-state index contributed by atoms with van der Waals surface area (Å²) in [5, 5.41) is 3.00. The molecule has 0 saturated heterocycles. The average Bonchev–Trinajstić information content (AvgIpc) is 2.94. The van der Waals surface area contributed by atoms with Crippen LogP contribution in [0.2, 0.25) is 0 Å². The van der Waals surface area contributed by atoms with E-state index in [9.17, 15) is 8.42 Å². The minimum atomic E-state index is -3.55. The highest BCUT2D eigenvalue weighted by Crippen LogP contribution is 2.31. The maximum absolute atomic E-state index is 12.3. The van der Waals surface area contributed by atoms with Crippen molar-refractivity contribution in [2.75, 3.05) is 7.05 Å². The fourth-order valence-corrected chi connectivity index (χ4v) is 5.32. The summed E-state index contributed by atoms with van der Waals surface area (Å²) < 4.78 is 29.5. The third kappa shape index (κ3) is 3.47. The van der Waals surface area contributed by atoms with E-state index in [4.69, 9.17) is 0 Å². The fourth-order valence-electron chi connectivity index (χ4n) is 1.65. The molecule has 0 fully saturated rings. The predicted octanol–water partition coefficient (Wildman–Crippen LogP) is 1.44. The maximum Gasteiger partial charge on any atom is 0.242 e. The SMILES string of the molecule is CNCc1cc(S(=O)(=O)NCc2nccn2C)c(Br)s1. The third-order valence-electron chi connectivity index (χ3n) is 2.69. The first-order valence-electron chi connectivity index (χ1n) is 5.82. The van der Waals surface area contributed by atoms with Gasteiger partial charge in [0.05, 0.1) is 10.3 Å². The lowest BCUT2D eigenvalue weighted by Gasteiger charge is -2.05. The zero-order valence-electron chi connectivity index (χ0n) is 11.1. The van der Waals surface area contributed by atoms with Gasteiger partial charge in [-0.15, -0.1) is 11.3 Å². The minimum absolute atomic E-state index is 0.162. The molecule has 0 amide bonds. The van der Waals surface area contributed by atoms with Gasteiger partial charge in [-0.3, -0.25) is 0 Å². The van der Waals surface area contributed by atoms with Crippen LogP contribution in [0, 0.1) is 0 Å². The van der Waals surface area contributed by atoms with Gasteiger partial charge in [0, 0.05) is 30.9 Å². The Bertz CT molecular complexity index is 693. The molecule has 2 rings (SSSR count). The fraction of sp³-hybridized carbons (Fsp3) is 0.364. The van der Waals surface area contributed by atoms with E-state index in [1.54, 1.807) is 23.0 Å². The molecule has 0 aliphatic rings. The molecule has 0 spiro atoms. The van der Waals surface area contributed by atoms with E-state index < -0.39 is 10.0 Å². The monoisotopic (exact) mass is 378 g/mol. The summed E-state index contributed by atoms with van der Waals surface area (Å²) >= 11 is 4.71. The topological polar surface area (TPSA) is 76.0 Å². The van der Waals surface area contributed by atoms with E-state index in [2.05, 4.69) is 31.0 Å². The molecule has 0 aliphatic carbocycles. The Labute approximate surface area is 130 Å². The minimum Gasteiger partial charge on any atom is -0.337 e. The van der Waals surface area contributed by atoms with Crippen LogP contribution in [-0.2, 0) is 30.2 Å². The van der Waals surface area contributed by atoms with Gasteiger partial charge in [-0.05, 0) is 29.0 Å². The first kappa shape index (κ1) is 15.6. The van der Waals surface area contributed by atoms with Crippen molar-refractivity contribution in [1.29, 1.82) is 0 Å². The Morgan fingerprint density at radius 1 is 1.45 bits per heavy atom. The molecule has 110 valence electrons. The van der Waals surface area contributed by atoms with E-state index in [0.717, 1.165) is 4.88 Å². The molecule has 2 heterocycles. The van der Waals surface area contributed by atoms with Gasteiger partial charge >= 0.3 is 0 Å². The number of halogens is 1. The highest BCUT2D eigenvalue weighted by Gasteiger charge is 2.21. The normalized spacial score (nSPS) is 11.9. The molecule has 0 atom stereocenters. The summed E-state index contributed by atoms with van der Waals surface area (Å²) in [5.74, 6) is 0.662. The van der Waals surface area contributed by atoms with Gasteiger partial charge in [0.1, 0.15) is 10.7 Å². The Hall–Kier alpha value is -0.740. The Morgan fingerprint density at radius 3 is 2.80 bits per heavy atom. The van der Waals surface area contributed by atoms with Crippen LogP contribution in [0.25, 0.3) is 0 Å². The Kier molecular flexibility index (Phi) is 4.97. The number of rotatable bonds is 6. The Morgan fingerprint density at radius 2 is 2.20 bits per heavy atom. The van der Waals surface area contributed by atoms with E-state index >= 15 is 0 Å². The van der Waals surface area contributed by atoms with Crippen molar-refractivity contribution < 1.29 is 8.42 Å². The molecule has 2 N–H and O–H groups in total. The number of hydrogen-bond donors (Lipinski definition) is 2. The second-order valence-corrected chi connectivity index (χ2v) is 8.35. The summed E-state index contributed by atoms with van der Waals surface area (Å²) in [6.45, 7) is 0.799. The van der Waals surface area contributed by atoms with Gasteiger partial charge in [-0.25, -0.2) is 18.1 Å². The molecule has 0 saturated carbocycles. The summed E-state index contributed by atoms with van der Waals surface area (Å²) in [6.07, 6.45) is 3.41. The molecular formula is C11H15BrN4O2S2. The molecule has 0 aromatic carbocycles. The van der Waals surface area contributed by atoms with E-state index in [1.807, 2.05) is 14.1 Å². The van der Waals surface area contributed by atoms with Gasteiger partial charge in [-0.2, -0.15) is 0 Å². The molecule has 2 aromatic rings. The van der Waals surface area contributed by atoms with Crippen LogP contribution in [0.15, 0.2) is 27.1 Å². The van der Waals surface area contributed by atoms with E-state index in [0.29, 0.717) is 16.2 Å². The van der Waals surface area contributed by atoms with Crippen molar-refractivity contribution >= 4 is 37.3 Å². The molecule has 2 aromatic heterocycles. The van der Waals surface area contributed by atoms with Gasteiger partial charge in [0.25, 0.3) is 0 Å². The van der Waals surface area contributed by atoms with Crippen molar-refractivity contribution in [3.8, 4) is 0 Å². The molecule has 0 unspecified atom stereocenters. The van der Waals surface area contributed by atoms with Gasteiger partial charge in [0.15, 0.2) is 0 Å².